The minimum absolute atomic E-state index is 0.0358. The Morgan fingerprint density at radius 3 is 2.89 bits per heavy atom. The first kappa shape index (κ1) is 29.9. The summed E-state index contributed by atoms with van der Waals surface area (Å²) in [6.45, 7) is 3.07. The second-order valence-corrected chi connectivity index (χ2v) is 14.9. The Morgan fingerprint density at radius 2 is 2.00 bits per heavy atom. The monoisotopic (exact) mass is 665 g/mol. The first-order valence-electron chi connectivity index (χ1n) is 16.9. The van der Waals surface area contributed by atoms with E-state index in [-0.39, 0.29) is 35.3 Å². The van der Waals surface area contributed by atoms with Crippen molar-refractivity contribution in [3.8, 4) is 17.3 Å². The zero-order valence-electron chi connectivity index (χ0n) is 26.2. The van der Waals surface area contributed by atoms with Crippen molar-refractivity contribution < 1.29 is 23.4 Å². The van der Waals surface area contributed by atoms with E-state index in [2.05, 4.69) is 20.1 Å². The number of alkyl halides is 1. The van der Waals surface area contributed by atoms with Gasteiger partial charge in [0.05, 0.1) is 34.8 Å². The number of halogens is 3. The molecule has 4 aromatic rings. The van der Waals surface area contributed by atoms with E-state index in [1.54, 1.807) is 12.4 Å². The number of nitrogens with one attached hydrogen (secondary N) is 1. The second kappa shape index (κ2) is 11.2. The Labute approximate surface area is 275 Å². The summed E-state index contributed by atoms with van der Waals surface area (Å²) in [5, 5.41) is 20.0. The third kappa shape index (κ3) is 4.97. The van der Waals surface area contributed by atoms with Crippen molar-refractivity contribution in [2.45, 2.75) is 81.7 Å². The summed E-state index contributed by atoms with van der Waals surface area (Å²) in [4.78, 5) is 18.5. The standard InChI is InChI=1S/C34H38ClF2N7O3/c35-25-8-26-23(14-39-42-26)27-22(25)4-1-2-7-46-21-11-33(12-21)10-20(45)16-43(17-33)31-24-13-38-30(27)28(37)29(24)40-32(41-31)47-18-34-5-3-6-44(34)15-19(36)9-34/h8,13-14,19-21,45H,1-7,9-12,15-18H2,(H,39,42)/t19-,20-,21?,33?,34+/m1/s1. The van der Waals surface area contributed by atoms with Crippen LogP contribution in [0, 0.1) is 11.2 Å². The van der Waals surface area contributed by atoms with Crippen LogP contribution in [-0.4, -0.2) is 98.5 Å². The van der Waals surface area contributed by atoms with Gasteiger partial charge in [-0.25, -0.2) is 8.78 Å². The van der Waals surface area contributed by atoms with Crippen LogP contribution in [0.2, 0.25) is 5.02 Å². The third-order valence-corrected chi connectivity index (χ3v) is 11.7. The fourth-order valence-corrected chi connectivity index (χ4v) is 9.55. The Bertz CT molecular complexity index is 1870. The second-order valence-electron chi connectivity index (χ2n) is 14.5. The molecule has 0 unspecified atom stereocenters. The van der Waals surface area contributed by atoms with Gasteiger partial charge in [-0.05, 0) is 75.0 Å². The van der Waals surface area contributed by atoms with Crippen LogP contribution in [0.4, 0.5) is 14.6 Å². The van der Waals surface area contributed by atoms with Gasteiger partial charge in [0.2, 0.25) is 0 Å². The molecule has 1 spiro atoms. The van der Waals surface area contributed by atoms with Crippen molar-refractivity contribution >= 4 is 39.2 Å². The Kier molecular flexibility index (Phi) is 7.12. The van der Waals surface area contributed by atoms with Gasteiger partial charge in [-0.1, -0.05) is 11.6 Å². The van der Waals surface area contributed by atoms with Gasteiger partial charge in [0.1, 0.15) is 29.8 Å². The molecule has 1 aromatic carbocycles. The molecule has 1 saturated carbocycles. The third-order valence-electron chi connectivity index (χ3n) is 11.3. The highest BCUT2D eigenvalue weighted by Gasteiger charge is 2.51. The van der Waals surface area contributed by atoms with Crippen LogP contribution in [0.5, 0.6) is 6.01 Å². The number of rotatable bonds is 3. The van der Waals surface area contributed by atoms with Crippen molar-refractivity contribution in [3.63, 3.8) is 0 Å². The number of H-pyrrole nitrogens is 1. The van der Waals surface area contributed by atoms with Crippen LogP contribution >= 0.6 is 11.6 Å². The normalized spacial score (nSPS) is 30.9. The molecule has 4 fully saturated rings. The highest BCUT2D eigenvalue weighted by molar-refractivity contribution is 6.33. The van der Waals surface area contributed by atoms with Crippen LogP contribution in [0.25, 0.3) is 33.1 Å². The number of aliphatic hydroxyl groups is 1. The van der Waals surface area contributed by atoms with Gasteiger partial charge in [0.25, 0.3) is 0 Å². The van der Waals surface area contributed by atoms with Crippen LogP contribution in [0.15, 0.2) is 18.5 Å². The number of anilines is 1. The SMILES string of the molecule is O[C@H]1CN2CC3(CC(C3)OCCCCc3c(Cl)cc4[nH]ncc4c3-c3ncc4c2nc(OC[C@@]25CCCN2C[C@H](F)C5)nc4c3F)C1. The zero-order valence-corrected chi connectivity index (χ0v) is 26.9. The molecule has 11 rings (SSSR count). The average Bonchev–Trinajstić information content (AvgIpc) is 3.72. The molecule has 0 amide bonds. The first-order valence-corrected chi connectivity index (χ1v) is 17.3. The fourth-order valence-electron chi connectivity index (χ4n) is 9.25. The van der Waals surface area contributed by atoms with E-state index in [1.165, 1.54) is 0 Å². The minimum Gasteiger partial charge on any atom is -0.461 e. The van der Waals surface area contributed by atoms with Crippen molar-refractivity contribution in [3.05, 3.63) is 34.9 Å². The molecule has 0 radical (unpaired) electrons. The number of benzene rings is 1. The molecule has 9 heterocycles. The molecule has 248 valence electrons. The predicted octanol–water partition coefficient (Wildman–Crippen LogP) is 5.39. The molecular weight excluding hydrogens is 628 g/mol. The quantitative estimate of drug-likeness (QED) is 0.298. The lowest BCUT2D eigenvalue weighted by Crippen LogP contribution is -2.57. The maximum absolute atomic E-state index is 17.1. The number of aliphatic hydroxyl groups excluding tert-OH is 1. The summed E-state index contributed by atoms with van der Waals surface area (Å²) < 4.78 is 44.3. The average molecular weight is 666 g/mol. The zero-order chi connectivity index (χ0) is 31.9. The van der Waals surface area contributed by atoms with Gasteiger partial charge >= 0.3 is 6.01 Å². The van der Waals surface area contributed by atoms with Gasteiger partial charge in [-0.3, -0.25) is 15.0 Å². The molecule has 1 aliphatic carbocycles. The van der Waals surface area contributed by atoms with E-state index < -0.39 is 23.6 Å². The van der Waals surface area contributed by atoms with Crippen LogP contribution in [-0.2, 0) is 11.2 Å². The van der Waals surface area contributed by atoms with Crippen LogP contribution in [0.3, 0.4) is 0 Å². The predicted molar refractivity (Wildman–Crippen MR) is 173 cm³/mol. The van der Waals surface area contributed by atoms with Crippen LogP contribution in [0.1, 0.15) is 56.9 Å². The van der Waals surface area contributed by atoms with Crippen molar-refractivity contribution in [2.24, 2.45) is 5.41 Å². The Morgan fingerprint density at radius 1 is 1.11 bits per heavy atom. The number of aromatic amines is 1. The largest absolute Gasteiger partial charge is 0.461 e. The molecule has 47 heavy (non-hydrogen) atoms. The van der Waals surface area contributed by atoms with E-state index in [0.29, 0.717) is 72.8 Å². The molecule has 3 saturated heterocycles. The fraction of sp³-hybridized carbons (Fsp3) is 0.588. The highest BCUT2D eigenvalue weighted by Crippen LogP contribution is 2.50. The number of fused-ring (bicyclic) bond motifs is 2. The maximum Gasteiger partial charge on any atom is 0.319 e. The number of piperidine rings is 1. The number of aromatic nitrogens is 5. The molecule has 7 aliphatic rings. The molecule has 2 N–H and O–H groups in total. The molecular formula is C34H38ClF2N7O3. The topological polar surface area (TPSA) is 113 Å². The summed E-state index contributed by atoms with van der Waals surface area (Å²) in [6, 6.07) is 1.87. The van der Waals surface area contributed by atoms with E-state index in [9.17, 15) is 9.50 Å². The van der Waals surface area contributed by atoms with E-state index in [4.69, 9.17) is 31.0 Å². The molecule has 3 atom stereocenters. The number of pyridine rings is 1. The summed E-state index contributed by atoms with van der Waals surface area (Å²) >= 11 is 6.85. The number of ether oxygens (including phenoxy) is 2. The molecule has 6 aliphatic heterocycles. The lowest BCUT2D eigenvalue weighted by molar-refractivity contribution is -0.102. The summed E-state index contributed by atoms with van der Waals surface area (Å²) in [5.74, 6) is -0.124. The first-order chi connectivity index (χ1) is 22.8. The number of hydrogen-bond acceptors (Lipinski definition) is 9. The van der Waals surface area contributed by atoms with E-state index >= 15 is 4.39 Å². The molecule has 10 nitrogen and oxygen atoms in total. The molecule has 7 bridgehead atoms. The summed E-state index contributed by atoms with van der Waals surface area (Å²) in [5.41, 5.74) is 1.75. The van der Waals surface area contributed by atoms with Crippen molar-refractivity contribution in [1.82, 2.24) is 30.0 Å². The number of nitrogens with zero attached hydrogens (tertiary/aromatic N) is 6. The van der Waals surface area contributed by atoms with Gasteiger partial charge in [-0.15, -0.1) is 0 Å². The van der Waals surface area contributed by atoms with Gasteiger partial charge in [0.15, 0.2) is 5.82 Å². The minimum atomic E-state index is -0.901. The summed E-state index contributed by atoms with van der Waals surface area (Å²) in [6.07, 6.45) is 8.81. The lowest BCUT2D eigenvalue weighted by Gasteiger charge is -2.54. The smallest absolute Gasteiger partial charge is 0.319 e. The van der Waals surface area contributed by atoms with Gasteiger partial charge < -0.3 is 19.5 Å². The lowest BCUT2D eigenvalue weighted by atomic mass is 9.62. The van der Waals surface area contributed by atoms with Crippen molar-refractivity contribution in [2.75, 3.05) is 44.3 Å². The Balaban J connectivity index is 1.21. The highest BCUT2D eigenvalue weighted by atomic mass is 35.5. The van der Waals surface area contributed by atoms with Crippen LogP contribution < -0.4 is 9.64 Å². The number of hydrogen-bond donors (Lipinski definition) is 2. The summed E-state index contributed by atoms with van der Waals surface area (Å²) in [7, 11) is 0. The Hall–Kier alpha value is -3.19. The van der Waals surface area contributed by atoms with Crippen molar-refractivity contribution in [1.29, 1.82) is 0 Å². The molecule has 13 heteroatoms. The molecule has 3 aromatic heterocycles. The van der Waals surface area contributed by atoms with E-state index in [0.717, 1.165) is 56.0 Å². The maximum atomic E-state index is 17.1. The van der Waals surface area contributed by atoms with Gasteiger partial charge in [-0.2, -0.15) is 15.1 Å². The van der Waals surface area contributed by atoms with Gasteiger partial charge in [0, 0.05) is 54.8 Å². The van der Waals surface area contributed by atoms with E-state index in [1.807, 2.05) is 11.0 Å².